The lowest BCUT2D eigenvalue weighted by Gasteiger charge is -2.24. The van der Waals surface area contributed by atoms with Gasteiger partial charge in [-0.1, -0.05) is 0 Å². The van der Waals surface area contributed by atoms with E-state index in [0.29, 0.717) is 24.8 Å². The van der Waals surface area contributed by atoms with Crippen LogP contribution in [-0.2, 0) is 16.3 Å². The average molecular weight is 300 g/mol. The number of rotatable bonds is 3. The van der Waals surface area contributed by atoms with Crippen molar-refractivity contribution >= 4 is 15.8 Å². The van der Waals surface area contributed by atoms with Crippen molar-refractivity contribution in [3.63, 3.8) is 0 Å². The monoisotopic (exact) mass is 300 g/mol. The summed E-state index contributed by atoms with van der Waals surface area (Å²) in [5.74, 6) is 1.51. The molecule has 1 aromatic heterocycles. The zero-order valence-electron chi connectivity index (χ0n) is 11.4. The van der Waals surface area contributed by atoms with Gasteiger partial charge < -0.3 is 14.7 Å². The zero-order valence-corrected chi connectivity index (χ0v) is 12.2. The SMILES string of the molecule is O=S1(=O)CCNC(Cc2nc(N3CCCCC3)no2)C1. The molecule has 20 heavy (non-hydrogen) atoms. The molecule has 0 saturated carbocycles. The van der Waals surface area contributed by atoms with Gasteiger partial charge in [0.1, 0.15) is 0 Å². The molecule has 8 heteroatoms. The molecular formula is C12H20N4O3S. The fourth-order valence-electron chi connectivity index (χ4n) is 2.76. The van der Waals surface area contributed by atoms with Crippen molar-refractivity contribution in [3.05, 3.63) is 5.89 Å². The first-order valence-corrected chi connectivity index (χ1v) is 8.96. The Kier molecular flexibility index (Phi) is 3.93. The van der Waals surface area contributed by atoms with Crippen LogP contribution in [0.2, 0.25) is 0 Å². The van der Waals surface area contributed by atoms with Gasteiger partial charge in [0, 0.05) is 32.1 Å². The Morgan fingerprint density at radius 1 is 1.30 bits per heavy atom. The summed E-state index contributed by atoms with van der Waals surface area (Å²) in [5.41, 5.74) is 0. The molecule has 0 amide bonds. The second-order valence-electron chi connectivity index (χ2n) is 5.51. The largest absolute Gasteiger partial charge is 0.338 e. The molecular weight excluding hydrogens is 280 g/mol. The number of nitrogens with zero attached hydrogens (tertiary/aromatic N) is 3. The first-order valence-electron chi connectivity index (χ1n) is 7.14. The summed E-state index contributed by atoms with van der Waals surface area (Å²) in [6, 6.07) is -0.122. The number of sulfone groups is 1. The fraction of sp³-hybridized carbons (Fsp3) is 0.833. The molecule has 3 rings (SSSR count). The highest BCUT2D eigenvalue weighted by molar-refractivity contribution is 7.91. The lowest BCUT2D eigenvalue weighted by molar-refractivity contribution is 0.359. The first-order chi connectivity index (χ1) is 9.62. The average Bonchev–Trinajstić information content (AvgIpc) is 2.87. The van der Waals surface area contributed by atoms with Crippen molar-refractivity contribution in [2.24, 2.45) is 0 Å². The summed E-state index contributed by atoms with van der Waals surface area (Å²) in [6.45, 7) is 2.43. The maximum Gasteiger partial charge on any atom is 0.266 e. The quantitative estimate of drug-likeness (QED) is 0.839. The van der Waals surface area contributed by atoms with Crippen LogP contribution in [-0.4, -0.2) is 55.7 Å². The van der Waals surface area contributed by atoms with E-state index in [-0.39, 0.29) is 17.5 Å². The Bertz CT molecular complexity index is 551. The molecule has 1 unspecified atom stereocenters. The Labute approximate surface area is 118 Å². The predicted octanol–water partition coefficient (Wildman–Crippen LogP) is -0.0110. The smallest absolute Gasteiger partial charge is 0.266 e. The van der Waals surface area contributed by atoms with E-state index < -0.39 is 9.84 Å². The summed E-state index contributed by atoms with van der Waals surface area (Å²) in [4.78, 5) is 6.52. The number of aromatic nitrogens is 2. The number of piperidine rings is 1. The van der Waals surface area contributed by atoms with Gasteiger partial charge in [0.25, 0.3) is 5.95 Å². The van der Waals surface area contributed by atoms with Gasteiger partial charge in [-0.2, -0.15) is 4.98 Å². The van der Waals surface area contributed by atoms with Gasteiger partial charge in [-0.05, 0) is 24.4 Å². The number of nitrogens with one attached hydrogen (secondary N) is 1. The molecule has 0 aromatic carbocycles. The summed E-state index contributed by atoms with van der Waals surface area (Å²) < 4.78 is 28.4. The van der Waals surface area contributed by atoms with Gasteiger partial charge in [0.15, 0.2) is 9.84 Å². The highest BCUT2D eigenvalue weighted by atomic mass is 32.2. The van der Waals surface area contributed by atoms with E-state index in [1.807, 2.05) is 0 Å². The minimum atomic E-state index is -2.93. The lowest BCUT2D eigenvalue weighted by Crippen LogP contribution is -2.46. The van der Waals surface area contributed by atoms with Crippen LogP contribution in [0.25, 0.3) is 0 Å². The second-order valence-corrected chi connectivity index (χ2v) is 7.73. The molecule has 2 aliphatic heterocycles. The van der Waals surface area contributed by atoms with Crippen LogP contribution < -0.4 is 10.2 Å². The molecule has 2 saturated heterocycles. The fourth-order valence-corrected chi connectivity index (χ4v) is 4.20. The summed E-state index contributed by atoms with van der Waals surface area (Å²) in [6.07, 6.45) is 4.05. The van der Waals surface area contributed by atoms with E-state index in [1.54, 1.807) is 0 Å². The van der Waals surface area contributed by atoms with Crippen molar-refractivity contribution in [3.8, 4) is 0 Å². The molecule has 1 aromatic rings. The van der Waals surface area contributed by atoms with Crippen molar-refractivity contribution in [1.82, 2.24) is 15.5 Å². The Hall–Kier alpha value is -1.15. The van der Waals surface area contributed by atoms with E-state index in [2.05, 4.69) is 20.4 Å². The normalized spacial score (nSPS) is 26.6. The van der Waals surface area contributed by atoms with Crippen molar-refractivity contribution in [2.45, 2.75) is 31.7 Å². The van der Waals surface area contributed by atoms with E-state index in [9.17, 15) is 8.42 Å². The molecule has 7 nitrogen and oxygen atoms in total. The van der Waals surface area contributed by atoms with Crippen molar-refractivity contribution in [1.29, 1.82) is 0 Å². The van der Waals surface area contributed by atoms with Crippen molar-refractivity contribution < 1.29 is 12.9 Å². The maximum atomic E-state index is 11.6. The van der Waals surface area contributed by atoms with Gasteiger partial charge in [-0.15, -0.1) is 0 Å². The molecule has 0 spiro atoms. The van der Waals surface area contributed by atoms with Crippen LogP contribution in [0, 0.1) is 0 Å². The summed E-state index contributed by atoms with van der Waals surface area (Å²) in [7, 11) is -2.93. The molecule has 3 heterocycles. The Balaban J connectivity index is 1.62. The Morgan fingerprint density at radius 3 is 2.85 bits per heavy atom. The van der Waals surface area contributed by atoms with Crippen molar-refractivity contribution in [2.75, 3.05) is 36.0 Å². The molecule has 1 N–H and O–H groups in total. The Morgan fingerprint density at radius 2 is 2.10 bits per heavy atom. The van der Waals surface area contributed by atoms with Crippen LogP contribution in [0.3, 0.4) is 0 Å². The third-order valence-electron chi connectivity index (χ3n) is 3.82. The molecule has 0 bridgehead atoms. The van der Waals surface area contributed by atoms with Gasteiger partial charge in [-0.25, -0.2) is 8.42 Å². The van der Waals surface area contributed by atoms with Crippen LogP contribution >= 0.6 is 0 Å². The zero-order chi connectivity index (χ0) is 14.0. The number of hydrogen-bond acceptors (Lipinski definition) is 7. The molecule has 1 atom stereocenters. The van der Waals surface area contributed by atoms with E-state index in [0.717, 1.165) is 25.9 Å². The van der Waals surface area contributed by atoms with Crippen LogP contribution in [0.4, 0.5) is 5.95 Å². The van der Waals surface area contributed by atoms with E-state index in [4.69, 9.17) is 4.52 Å². The third kappa shape index (κ3) is 3.29. The molecule has 112 valence electrons. The topological polar surface area (TPSA) is 88.3 Å². The van der Waals surface area contributed by atoms with E-state index in [1.165, 1.54) is 6.42 Å². The first kappa shape index (κ1) is 13.8. The van der Waals surface area contributed by atoms with Gasteiger partial charge in [0.2, 0.25) is 5.89 Å². The predicted molar refractivity (Wildman–Crippen MR) is 74.5 cm³/mol. The minimum Gasteiger partial charge on any atom is -0.338 e. The molecule has 0 radical (unpaired) electrons. The highest BCUT2D eigenvalue weighted by Gasteiger charge is 2.26. The lowest BCUT2D eigenvalue weighted by atomic mass is 10.1. The standard InChI is InChI=1S/C12H20N4O3S/c17-20(18)7-4-13-10(9-20)8-11-14-12(15-19-11)16-5-2-1-3-6-16/h10,13H,1-9H2. The van der Waals surface area contributed by atoms with Gasteiger partial charge >= 0.3 is 0 Å². The third-order valence-corrected chi connectivity index (χ3v) is 5.55. The summed E-state index contributed by atoms with van der Waals surface area (Å²) in [5, 5.41) is 7.20. The number of anilines is 1. The maximum absolute atomic E-state index is 11.6. The molecule has 2 fully saturated rings. The van der Waals surface area contributed by atoms with Crippen LogP contribution in [0.1, 0.15) is 25.2 Å². The highest BCUT2D eigenvalue weighted by Crippen LogP contribution is 2.17. The second kappa shape index (κ2) is 5.69. The van der Waals surface area contributed by atoms with Crippen LogP contribution in [0.15, 0.2) is 4.52 Å². The molecule has 2 aliphatic rings. The number of hydrogen-bond donors (Lipinski definition) is 1. The van der Waals surface area contributed by atoms with Gasteiger partial charge in [-0.3, -0.25) is 0 Å². The van der Waals surface area contributed by atoms with E-state index >= 15 is 0 Å². The summed E-state index contributed by atoms with van der Waals surface area (Å²) >= 11 is 0. The van der Waals surface area contributed by atoms with Gasteiger partial charge in [0.05, 0.1) is 11.5 Å². The minimum absolute atomic E-state index is 0.122. The molecule has 0 aliphatic carbocycles. The van der Waals surface area contributed by atoms with Crippen LogP contribution in [0.5, 0.6) is 0 Å².